The molecule has 0 spiro atoms. The summed E-state index contributed by atoms with van der Waals surface area (Å²) in [4.78, 5) is 12.4. The van der Waals surface area contributed by atoms with Gasteiger partial charge in [0, 0.05) is 6.42 Å². The number of aryl methyl sites for hydroxylation is 1. The van der Waals surface area contributed by atoms with Crippen LogP contribution in [0, 0.1) is 0 Å². The van der Waals surface area contributed by atoms with Gasteiger partial charge in [-0.3, -0.25) is 4.79 Å². The predicted octanol–water partition coefficient (Wildman–Crippen LogP) is 3.97. The molecule has 26 heavy (non-hydrogen) atoms. The Kier molecular flexibility index (Phi) is 8.10. The molecule has 0 aliphatic heterocycles. The van der Waals surface area contributed by atoms with Gasteiger partial charge in [-0.2, -0.15) is 0 Å². The Morgan fingerprint density at radius 2 is 1.85 bits per heavy atom. The molecule has 1 unspecified atom stereocenters. The van der Waals surface area contributed by atoms with Crippen LogP contribution in [-0.4, -0.2) is 14.3 Å². The van der Waals surface area contributed by atoms with Gasteiger partial charge in [-0.05, 0) is 48.9 Å². The van der Waals surface area contributed by atoms with E-state index in [0.717, 1.165) is 43.2 Å². The number of rotatable bonds is 10. The van der Waals surface area contributed by atoms with E-state index < -0.39 is 10.0 Å². The van der Waals surface area contributed by atoms with E-state index >= 15 is 0 Å². The van der Waals surface area contributed by atoms with E-state index in [2.05, 4.69) is 12.2 Å². The summed E-state index contributed by atoms with van der Waals surface area (Å²) in [6, 6.07) is 4.96. The zero-order valence-corrected chi connectivity index (χ0v) is 16.6. The maximum Gasteiger partial charge on any atom is 0.238 e. The van der Waals surface area contributed by atoms with Crippen LogP contribution in [0.25, 0.3) is 0 Å². The Hall–Kier alpha value is -1.40. The molecule has 0 heterocycles. The molecule has 0 saturated heterocycles. The molecule has 1 aromatic carbocycles. The van der Waals surface area contributed by atoms with Crippen molar-refractivity contribution in [3.05, 3.63) is 29.3 Å². The molecule has 0 fully saturated rings. The van der Waals surface area contributed by atoms with E-state index in [1.54, 1.807) is 12.1 Å². The number of benzene rings is 1. The molecule has 0 radical (unpaired) electrons. The van der Waals surface area contributed by atoms with Gasteiger partial charge in [0.25, 0.3) is 0 Å². The second kappa shape index (κ2) is 10.1. The highest BCUT2D eigenvalue weighted by molar-refractivity contribution is 7.89. The first-order chi connectivity index (χ1) is 12.4. The molecule has 1 aliphatic rings. The van der Waals surface area contributed by atoms with Gasteiger partial charge >= 0.3 is 0 Å². The summed E-state index contributed by atoms with van der Waals surface area (Å²) in [7, 11) is -3.69. The van der Waals surface area contributed by atoms with Crippen LogP contribution < -0.4 is 10.5 Å². The third kappa shape index (κ3) is 6.40. The van der Waals surface area contributed by atoms with Crippen molar-refractivity contribution in [2.24, 2.45) is 5.14 Å². The Bertz CT molecular complexity index is 701. The first kappa shape index (κ1) is 20.9. The van der Waals surface area contributed by atoms with Gasteiger partial charge in [0.05, 0.1) is 10.9 Å². The number of hydrogen-bond donors (Lipinski definition) is 2. The molecule has 2 rings (SSSR count). The number of hydrogen-bond acceptors (Lipinski definition) is 3. The smallest absolute Gasteiger partial charge is 0.238 e. The molecule has 1 amide bonds. The largest absolute Gasteiger partial charge is 0.349 e. The second-order valence-electron chi connectivity index (χ2n) is 7.29. The van der Waals surface area contributed by atoms with Crippen molar-refractivity contribution < 1.29 is 13.2 Å². The Balaban J connectivity index is 1.83. The van der Waals surface area contributed by atoms with Crippen molar-refractivity contribution in [1.82, 2.24) is 5.32 Å². The number of amides is 1. The molecule has 1 atom stereocenters. The minimum atomic E-state index is -3.69. The lowest BCUT2D eigenvalue weighted by Gasteiger charge is -2.27. The summed E-state index contributed by atoms with van der Waals surface area (Å²) >= 11 is 0. The van der Waals surface area contributed by atoms with Crippen LogP contribution >= 0.6 is 0 Å². The van der Waals surface area contributed by atoms with Crippen LogP contribution in [0.4, 0.5) is 0 Å². The SMILES string of the molecule is CCCCCCCCCC(=O)NC1CCCc2cc(S(N)(=O)=O)ccc21. The average Bonchev–Trinajstić information content (AvgIpc) is 2.60. The molecular formula is C20H32N2O3S. The minimum Gasteiger partial charge on any atom is -0.349 e. The standard InChI is InChI=1S/C20H32N2O3S/c1-2-3-4-5-6-7-8-12-20(23)22-19-11-9-10-16-15-17(26(21,24)25)13-14-18(16)19/h13-15,19H,2-12H2,1H3,(H,22,23)(H2,21,24,25). The lowest BCUT2D eigenvalue weighted by atomic mass is 9.87. The molecule has 0 aromatic heterocycles. The topological polar surface area (TPSA) is 89.3 Å². The average molecular weight is 381 g/mol. The number of nitrogens with two attached hydrogens (primary N) is 1. The van der Waals surface area contributed by atoms with Gasteiger partial charge in [0.2, 0.25) is 15.9 Å². The Labute approximate surface area is 157 Å². The molecule has 3 N–H and O–H groups in total. The maximum absolute atomic E-state index is 12.3. The number of unbranched alkanes of at least 4 members (excludes halogenated alkanes) is 6. The lowest BCUT2D eigenvalue weighted by molar-refractivity contribution is -0.122. The third-order valence-electron chi connectivity index (χ3n) is 5.10. The lowest BCUT2D eigenvalue weighted by Crippen LogP contribution is -2.31. The van der Waals surface area contributed by atoms with E-state index in [1.165, 1.54) is 38.2 Å². The summed E-state index contributed by atoms with van der Waals surface area (Å²) in [5, 5.41) is 8.34. The highest BCUT2D eigenvalue weighted by Crippen LogP contribution is 2.31. The summed E-state index contributed by atoms with van der Waals surface area (Å²) < 4.78 is 23.0. The fourth-order valence-corrected chi connectivity index (χ4v) is 4.19. The third-order valence-corrected chi connectivity index (χ3v) is 6.01. The van der Waals surface area contributed by atoms with Crippen LogP contribution in [0.3, 0.4) is 0 Å². The van der Waals surface area contributed by atoms with Crippen molar-refractivity contribution >= 4 is 15.9 Å². The molecule has 146 valence electrons. The highest BCUT2D eigenvalue weighted by Gasteiger charge is 2.23. The van der Waals surface area contributed by atoms with E-state index in [9.17, 15) is 13.2 Å². The second-order valence-corrected chi connectivity index (χ2v) is 8.85. The van der Waals surface area contributed by atoms with Crippen LogP contribution in [0.5, 0.6) is 0 Å². The Morgan fingerprint density at radius 3 is 2.54 bits per heavy atom. The number of carbonyl (C=O) groups is 1. The van der Waals surface area contributed by atoms with Gasteiger partial charge in [0.1, 0.15) is 0 Å². The van der Waals surface area contributed by atoms with E-state index in [1.807, 2.05) is 0 Å². The number of nitrogens with one attached hydrogen (secondary N) is 1. The molecular weight excluding hydrogens is 348 g/mol. The first-order valence-corrected chi connectivity index (χ1v) is 11.4. The number of carbonyl (C=O) groups excluding carboxylic acids is 1. The molecule has 0 saturated carbocycles. The van der Waals surface area contributed by atoms with Gasteiger partial charge in [0.15, 0.2) is 0 Å². The molecule has 0 bridgehead atoms. The van der Waals surface area contributed by atoms with Crippen molar-refractivity contribution in [2.45, 2.75) is 88.5 Å². The predicted molar refractivity (Wildman–Crippen MR) is 104 cm³/mol. The fourth-order valence-electron chi connectivity index (χ4n) is 3.63. The van der Waals surface area contributed by atoms with Crippen LogP contribution in [0.15, 0.2) is 23.1 Å². The van der Waals surface area contributed by atoms with E-state index in [0.29, 0.717) is 6.42 Å². The van der Waals surface area contributed by atoms with Crippen molar-refractivity contribution in [3.63, 3.8) is 0 Å². The van der Waals surface area contributed by atoms with Crippen LogP contribution in [-0.2, 0) is 21.2 Å². The van der Waals surface area contributed by atoms with Crippen molar-refractivity contribution in [3.8, 4) is 0 Å². The number of fused-ring (bicyclic) bond motifs is 1. The summed E-state index contributed by atoms with van der Waals surface area (Å²) in [5.41, 5.74) is 2.00. The summed E-state index contributed by atoms with van der Waals surface area (Å²) in [6.45, 7) is 2.21. The number of sulfonamides is 1. The van der Waals surface area contributed by atoms with Gasteiger partial charge < -0.3 is 5.32 Å². The minimum absolute atomic E-state index is 0.0228. The first-order valence-electron chi connectivity index (χ1n) is 9.87. The monoisotopic (exact) mass is 380 g/mol. The molecule has 1 aromatic rings. The molecule has 1 aliphatic carbocycles. The highest BCUT2D eigenvalue weighted by atomic mass is 32.2. The molecule has 5 nitrogen and oxygen atoms in total. The van der Waals surface area contributed by atoms with E-state index in [4.69, 9.17) is 5.14 Å². The Morgan fingerprint density at radius 1 is 1.15 bits per heavy atom. The van der Waals surface area contributed by atoms with Gasteiger partial charge in [-0.25, -0.2) is 13.6 Å². The van der Waals surface area contributed by atoms with Crippen LogP contribution in [0.2, 0.25) is 0 Å². The van der Waals surface area contributed by atoms with Crippen LogP contribution in [0.1, 0.15) is 88.3 Å². The normalized spacial score (nSPS) is 16.9. The van der Waals surface area contributed by atoms with Crippen molar-refractivity contribution in [1.29, 1.82) is 0 Å². The quantitative estimate of drug-likeness (QED) is 0.602. The zero-order chi connectivity index (χ0) is 19.0. The maximum atomic E-state index is 12.3. The van der Waals surface area contributed by atoms with Gasteiger partial charge in [-0.15, -0.1) is 0 Å². The number of primary sulfonamides is 1. The zero-order valence-electron chi connectivity index (χ0n) is 15.8. The molecule has 6 heteroatoms. The van der Waals surface area contributed by atoms with E-state index in [-0.39, 0.29) is 16.8 Å². The fraction of sp³-hybridized carbons (Fsp3) is 0.650. The summed E-state index contributed by atoms with van der Waals surface area (Å²) in [6.07, 6.45) is 11.6. The summed E-state index contributed by atoms with van der Waals surface area (Å²) in [5.74, 6) is 0.0898. The van der Waals surface area contributed by atoms with Crippen molar-refractivity contribution in [2.75, 3.05) is 0 Å². The van der Waals surface area contributed by atoms with Gasteiger partial charge in [-0.1, -0.05) is 51.5 Å².